The molecule has 7 heteroatoms. The molecule has 0 spiro atoms. The Hall–Kier alpha value is -3.06. The molecule has 1 atom stereocenters. The van der Waals surface area contributed by atoms with Crippen molar-refractivity contribution >= 4 is 0 Å². The third-order valence-corrected chi connectivity index (χ3v) is 4.10. The third-order valence-electron chi connectivity index (χ3n) is 4.10. The Bertz CT molecular complexity index is 953. The Morgan fingerprint density at radius 3 is 2.14 bits per heavy atom. The van der Waals surface area contributed by atoms with Crippen molar-refractivity contribution in [3.05, 3.63) is 89.2 Å². The van der Waals surface area contributed by atoms with Gasteiger partial charge in [-0.2, -0.15) is 13.2 Å². The van der Waals surface area contributed by atoms with Gasteiger partial charge < -0.3 is 14.6 Å². The lowest BCUT2D eigenvalue weighted by atomic mass is 9.98. The predicted molar refractivity (Wildman–Crippen MR) is 95.0 cm³/mol. The molecular formula is C21H16F4O3. The number of aliphatic hydroxyl groups excluding tert-OH is 1. The number of halogens is 4. The number of benzene rings is 3. The van der Waals surface area contributed by atoms with E-state index < -0.39 is 29.2 Å². The molecule has 0 saturated carbocycles. The summed E-state index contributed by atoms with van der Waals surface area (Å²) in [4.78, 5) is 0. The molecule has 0 aliphatic carbocycles. The van der Waals surface area contributed by atoms with Gasteiger partial charge in [-0.15, -0.1) is 0 Å². The summed E-state index contributed by atoms with van der Waals surface area (Å²) in [6, 6.07) is 15.6. The van der Waals surface area contributed by atoms with Gasteiger partial charge in [0.15, 0.2) is 0 Å². The van der Waals surface area contributed by atoms with Crippen molar-refractivity contribution in [1.29, 1.82) is 0 Å². The second kappa shape index (κ2) is 7.90. The van der Waals surface area contributed by atoms with Gasteiger partial charge in [-0.3, -0.25) is 0 Å². The molecule has 146 valence electrons. The predicted octanol–water partition coefficient (Wildman–Crippen LogP) is 5.73. The van der Waals surface area contributed by atoms with Crippen molar-refractivity contribution in [2.45, 2.75) is 12.3 Å². The van der Waals surface area contributed by atoms with Gasteiger partial charge in [-0.1, -0.05) is 24.3 Å². The minimum atomic E-state index is -4.85. The van der Waals surface area contributed by atoms with Crippen LogP contribution >= 0.6 is 0 Å². The van der Waals surface area contributed by atoms with Crippen LogP contribution in [0.4, 0.5) is 17.6 Å². The maximum atomic E-state index is 14.3. The van der Waals surface area contributed by atoms with Gasteiger partial charge in [0.1, 0.15) is 29.2 Å². The Morgan fingerprint density at radius 2 is 1.50 bits per heavy atom. The average Bonchev–Trinajstić information content (AvgIpc) is 2.67. The highest BCUT2D eigenvalue weighted by atomic mass is 19.4. The fourth-order valence-corrected chi connectivity index (χ4v) is 2.69. The standard InChI is InChI=1S/C21H16F4O3/c1-27-14-8-10-15(11-9-14)28-16-5-2-4-13(12-16)20(26)17-6-3-7-18(19(17)22)21(23,24)25/h2-12,20,26H,1H3. The van der Waals surface area contributed by atoms with E-state index in [-0.39, 0.29) is 5.56 Å². The first-order valence-electron chi connectivity index (χ1n) is 8.25. The molecule has 3 aromatic rings. The molecule has 28 heavy (non-hydrogen) atoms. The molecular weight excluding hydrogens is 376 g/mol. The Labute approximate surface area is 158 Å². The summed E-state index contributed by atoms with van der Waals surface area (Å²) in [6.07, 6.45) is -6.43. The molecule has 3 nitrogen and oxygen atoms in total. The minimum Gasteiger partial charge on any atom is -0.497 e. The number of aliphatic hydroxyl groups is 1. The summed E-state index contributed by atoms with van der Waals surface area (Å²) >= 11 is 0. The van der Waals surface area contributed by atoms with E-state index in [1.807, 2.05) is 0 Å². The zero-order valence-corrected chi connectivity index (χ0v) is 14.7. The van der Waals surface area contributed by atoms with Gasteiger partial charge >= 0.3 is 6.18 Å². The summed E-state index contributed by atoms with van der Waals surface area (Å²) in [5.74, 6) is -0.00712. The van der Waals surface area contributed by atoms with Gasteiger partial charge in [-0.05, 0) is 48.0 Å². The summed E-state index contributed by atoms with van der Waals surface area (Å²) in [6.45, 7) is 0. The highest BCUT2D eigenvalue weighted by Gasteiger charge is 2.35. The fraction of sp³-hybridized carbons (Fsp3) is 0.143. The lowest BCUT2D eigenvalue weighted by Crippen LogP contribution is -2.12. The van der Waals surface area contributed by atoms with Crippen molar-refractivity contribution in [3.63, 3.8) is 0 Å². The van der Waals surface area contributed by atoms with Crippen molar-refractivity contribution in [2.24, 2.45) is 0 Å². The van der Waals surface area contributed by atoms with Crippen LogP contribution in [0.15, 0.2) is 66.7 Å². The van der Waals surface area contributed by atoms with Crippen molar-refractivity contribution in [1.82, 2.24) is 0 Å². The Morgan fingerprint density at radius 1 is 0.857 bits per heavy atom. The number of alkyl halides is 3. The molecule has 0 aliphatic rings. The molecule has 0 aromatic heterocycles. The molecule has 3 aromatic carbocycles. The first kappa shape index (κ1) is 19.7. The summed E-state index contributed by atoms with van der Waals surface area (Å²) in [7, 11) is 1.54. The van der Waals surface area contributed by atoms with Crippen molar-refractivity contribution in [2.75, 3.05) is 7.11 Å². The largest absolute Gasteiger partial charge is 0.497 e. The molecule has 0 amide bonds. The zero-order chi connectivity index (χ0) is 20.3. The van der Waals surface area contributed by atoms with Crippen LogP contribution in [0, 0.1) is 5.82 Å². The van der Waals surface area contributed by atoms with Crippen LogP contribution in [0.5, 0.6) is 17.2 Å². The molecule has 1 N–H and O–H groups in total. The molecule has 0 radical (unpaired) electrons. The van der Waals surface area contributed by atoms with Crippen LogP contribution in [0.3, 0.4) is 0 Å². The number of methoxy groups -OCH3 is 1. The molecule has 0 fully saturated rings. The van der Waals surface area contributed by atoms with E-state index in [0.29, 0.717) is 23.3 Å². The zero-order valence-electron chi connectivity index (χ0n) is 14.7. The highest BCUT2D eigenvalue weighted by Crippen LogP contribution is 2.36. The summed E-state index contributed by atoms with van der Waals surface area (Å²) in [5, 5.41) is 10.4. The Balaban J connectivity index is 1.87. The van der Waals surface area contributed by atoms with E-state index in [2.05, 4.69) is 0 Å². The summed E-state index contributed by atoms with van der Waals surface area (Å²) < 4.78 is 63.7. The van der Waals surface area contributed by atoms with Crippen LogP contribution in [-0.2, 0) is 6.18 Å². The molecule has 1 unspecified atom stereocenters. The first-order valence-corrected chi connectivity index (χ1v) is 8.25. The van der Waals surface area contributed by atoms with Crippen LogP contribution in [0.2, 0.25) is 0 Å². The smallest absolute Gasteiger partial charge is 0.419 e. The van der Waals surface area contributed by atoms with Gasteiger partial charge in [0.25, 0.3) is 0 Å². The van der Waals surface area contributed by atoms with E-state index in [9.17, 15) is 22.7 Å². The van der Waals surface area contributed by atoms with Gasteiger partial charge in [0, 0.05) is 5.56 Å². The lowest BCUT2D eigenvalue weighted by molar-refractivity contribution is -0.140. The maximum absolute atomic E-state index is 14.3. The van der Waals surface area contributed by atoms with Crippen molar-refractivity contribution in [3.8, 4) is 17.2 Å². The van der Waals surface area contributed by atoms with E-state index in [4.69, 9.17) is 9.47 Å². The van der Waals surface area contributed by atoms with Gasteiger partial charge in [-0.25, -0.2) is 4.39 Å². The topological polar surface area (TPSA) is 38.7 Å². The fourth-order valence-electron chi connectivity index (χ4n) is 2.69. The van der Waals surface area contributed by atoms with Gasteiger partial charge in [0.05, 0.1) is 12.7 Å². The quantitative estimate of drug-likeness (QED) is 0.564. The normalized spacial score (nSPS) is 12.5. The van der Waals surface area contributed by atoms with E-state index >= 15 is 0 Å². The van der Waals surface area contributed by atoms with Crippen molar-refractivity contribution < 1.29 is 32.1 Å². The molecule has 3 rings (SSSR count). The maximum Gasteiger partial charge on any atom is 0.419 e. The number of hydrogen-bond donors (Lipinski definition) is 1. The number of hydrogen-bond acceptors (Lipinski definition) is 3. The van der Waals surface area contributed by atoms with Crippen LogP contribution < -0.4 is 9.47 Å². The SMILES string of the molecule is COc1ccc(Oc2cccc(C(O)c3cccc(C(F)(F)F)c3F)c2)cc1. The minimum absolute atomic E-state index is 0.198. The second-order valence-corrected chi connectivity index (χ2v) is 5.96. The average molecular weight is 392 g/mol. The molecule has 0 bridgehead atoms. The number of ether oxygens (including phenoxy) is 2. The van der Waals surface area contributed by atoms with Crippen LogP contribution in [-0.4, -0.2) is 12.2 Å². The van der Waals surface area contributed by atoms with E-state index in [1.165, 1.54) is 19.2 Å². The first-order chi connectivity index (χ1) is 13.3. The molecule has 0 aliphatic heterocycles. The lowest BCUT2D eigenvalue weighted by Gasteiger charge is -2.16. The molecule has 0 heterocycles. The van der Waals surface area contributed by atoms with Crippen LogP contribution in [0.1, 0.15) is 22.8 Å². The third kappa shape index (κ3) is 4.26. The van der Waals surface area contributed by atoms with E-state index in [1.54, 1.807) is 36.4 Å². The molecule has 0 saturated heterocycles. The van der Waals surface area contributed by atoms with E-state index in [0.717, 1.165) is 12.1 Å². The highest BCUT2D eigenvalue weighted by molar-refractivity contribution is 5.40. The number of rotatable bonds is 5. The monoisotopic (exact) mass is 392 g/mol. The van der Waals surface area contributed by atoms with Crippen LogP contribution in [0.25, 0.3) is 0 Å². The summed E-state index contributed by atoms with van der Waals surface area (Å²) in [5.41, 5.74) is -1.68. The second-order valence-electron chi connectivity index (χ2n) is 5.96. The Kier molecular flexibility index (Phi) is 5.56. The van der Waals surface area contributed by atoms with Gasteiger partial charge in [0.2, 0.25) is 0 Å².